The molecule has 0 spiro atoms. The van der Waals surface area contributed by atoms with Crippen LogP contribution in [0.25, 0.3) is 11.1 Å². The molecule has 19 heavy (non-hydrogen) atoms. The molecule has 1 heterocycles. The summed E-state index contributed by atoms with van der Waals surface area (Å²) >= 11 is 0. The number of nitrogens with zero attached hydrogens (tertiary/aromatic N) is 1. The Morgan fingerprint density at radius 1 is 1.21 bits per heavy atom. The summed E-state index contributed by atoms with van der Waals surface area (Å²) in [6.07, 6.45) is 0.667. The number of carboxylic acid groups (broad SMARTS) is 1. The van der Waals surface area contributed by atoms with Crippen LogP contribution in [0.3, 0.4) is 0 Å². The first-order valence-corrected chi connectivity index (χ1v) is 6.07. The standard InChI is InChI=1S/C15H15NO3/c1-3-11-4-6-12(7-5-11)13-8-9-16(15(18)19)14(17)10(13)2/h4-9H,3H2,1-2H3,(H,18,19)/p-1. The van der Waals surface area contributed by atoms with Crippen molar-refractivity contribution in [1.29, 1.82) is 0 Å². The van der Waals surface area contributed by atoms with Crippen molar-refractivity contribution < 1.29 is 9.90 Å². The van der Waals surface area contributed by atoms with Crippen molar-refractivity contribution in [2.75, 3.05) is 0 Å². The SMILES string of the molecule is CCc1ccc(-c2ccn(C(=O)[O-])c(=O)c2C)cc1. The third-order valence-corrected chi connectivity index (χ3v) is 3.20. The van der Waals surface area contributed by atoms with Crippen molar-refractivity contribution in [2.45, 2.75) is 20.3 Å². The number of hydrogen-bond donors (Lipinski definition) is 0. The highest BCUT2D eigenvalue weighted by Crippen LogP contribution is 2.21. The summed E-state index contributed by atoms with van der Waals surface area (Å²) in [5, 5.41) is 10.8. The van der Waals surface area contributed by atoms with Gasteiger partial charge in [0.05, 0.1) is 0 Å². The maximum atomic E-state index is 11.9. The van der Waals surface area contributed by atoms with Crippen molar-refractivity contribution in [3.8, 4) is 11.1 Å². The van der Waals surface area contributed by atoms with Gasteiger partial charge in [-0.2, -0.15) is 0 Å². The number of carbonyl (C=O) groups excluding carboxylic acids is 1. The highest BCUT2D eigenvalue weighted by atomic mass is 16.4. The summed E-state index contributed by atoms with van der Waals surface area (Å²) in [4.78, 5) is 22.6. The molecule has 0 bridgehead atoms. The van der Waals surface area contributed by atoms with Crippen LogP contribution in [0.15, 0.2) is 41.3 Å². The van der Waals surface area contributed by atoms with Crippen LogP contribution in [0.4, 0.5) is 4.79 Å². The number of rotatable bonds is 2. The Bertz CT molecular complexity index is 669. The molecule has 0 aliphatic rings. The molecule has 0 radical (unpaired) electrons. The molecule has 1 aromatic carbocycles. The normalized spacial score (nSPS) is 10.4. The van der Waals surface area contributed by atoms with Crippen molar-refractivity contribution in [3.05, 3.63) is 58.0 Å². The second kappa shape index (κ2) is 5.10. The lowest BCUT2D eigenvalue weighted by atomic mass is 10.0. The first-order valence-electron chi connectivity index (χ1n) is 6.07. The van der Waals surface area contributed by atoms with Gasteiger partial charge in [-0.05, 0) is 36.1 Å². The molecule has 2 rings (SSSR count). The van der Waals surface area contributed by atoms with Gasteiger partial charge in [0.25, 0.3) is 5.56 Å². The number of carbonyl (C=O) groups is 1. The molecule has 4 heteroatoms. The predicted octanol–water partition coefficient (Wildman–Crippen LogP) is 1.58. The van der Waals surface area contributed by atoms with E-state index in [-0.39, 0.29) is 0 Å². The quantitative estimate of drug-likeness (QED) is 0.819. The van der Waals surface area contributed by atoms with Gasteiger partial charge in [-0.3, -0.25) is 9.36 Å². The average Bonchev–Trinajstić information content (AvgIpc) is 2.41. The molecule has 0 atom stereocenters. The van der Waals surface area contributed by atoms with Crippen LogP contribution in [-0.2, 0) is 6.42 Å². The highest BCUT2D eigenvalue weighted by molar-refractivity contribution is 5.70. The van der Waals surface area contributed by atoms with E-state index in [1.165, 1.54) is 11.8 Å². The zero-order valence-electron chi connectivity index (χ0n) is 10.8. The summed E-state index contributed by atoms with van der Waals surface area (Å²) in [5.41, 5.74) is 2.69. The van der Waals surface area contributed by atoms with Crippen molar-refractivity contribution in [1.82, 2.24) is 4.57 Å². The van der Waals surface area contributed by atoms with E-state index < -0.39 is 11.7 Å². The summed E-state index contributed by atoms with van der Waals surface area (Å²) in [6.45, 7) is 3.69. The minimum absolute atomic E-state index is 0.399. The third-order valence-electron chi connectivity index (χ3n) is 3.20. The van der Waals surface area contributed by atoms with Crippen LogP contribution in [0, 0.1) is 6.92 Å². The second-order valence-corrected chi connectivity index (χ2v) is 4.35. The maximum absolute atomic E-state index is 11.9. The third kappa shape index (κ3) is 2.42. The molecular formula is C15H14NO3-. The van der Waals surface area contributed by atoms with Gasteiger partial charge in [0, 0.05) is 11.8 Å². The topological polar surface area (TPSA) is 62.1 Å². The Morgan fingerprint density at radius 3 is 2.37 bits per heavy atom. The van der Waals surface area contributed by atoms with Crippen LogP contribution >= 0.6 is 0 Å². The fourth-order valence-electron chi connectivity index (χ4n) is 2.01. The van der Waals surface area contributed by atoms with Gasteiger partial charge in [-0.15, -0.1) is 0 Å². The number of aryl methyl sites for hydroxylation is 1. The Balaban J connectivity index is 2.54. The van der Waals surface area contributed by atoms with Gasteiger partial charge in [-0.1, -0.05) is 31.2 Å². The maximum Gasteiger partial charge on any atom is 0.259 e. The van der Waals surface area contributed by atoms with E-state index in [0.29, 0.717) is 10.1 Å². The van der Waals surface area contributed by atoms with Crippen molar-refractivity contribution >= 4 is 6.09 Å². The smallest absolute Gasteiger partial charge is 0.259 e. The molecule has 0 N–H and O–H groups in total. The van der Waals surface area contributed by atoms with Crippen LogP contribution in [0.5, 0.6) is 0 Å². The first kappa shape index (κ1) is 13.1. The molecule has 0 saturated carbocycles. The number of pyridine rings is 1. The molecule has 0 fully saturated rings. The Labute approximate surface area is 110 Å². The summed E-state index contributed by atoms with van der Waals surface area (Å²) in [6, 6.07) is 9.49. The minimum Gasteiger partial charge on any atom is -0.529 e. The zero-order chi connectivity index (χ0) is 14.0. The number of benzene rings is 1. The largest absolute Gasteiger partial charge is 0.529 e. The molecule has 0 amide bonds. The van der Waals surface area contributed by atoms with E-state index in [1.54, 1.807) is 13.0 Å². The van der Waals surface area contributed by atoms with Gasteiger partial charge >= 0.3 is 0 Å². The van der Waals surface area contributed by atoms with E-state index in [0.717, 1.165) is 17.5 Å². The van der Waals surface area contributed by atoms with Crippen LogP contribution in [0.2, 0.25) is 0 Å². The van der Waals surface area contributed by atoms with E-state index in [2.05, 4.69) is 6.92 Å². The summed E-state index contributed by atoms with van der Waals surface area (Å²) in [7, 11) is 0. The van der Waals surface area contributed by atoms with E-state index in [4.69, 9.17) is 0 Å². The molecule has 0 unspecified atom stereocenters. The average molecular weight is 256 g/mol. The Morgan fingerprint density at radius 2 is 1.84 bits per heavy atom. The second-order valence-electron chi connectivity index (χ2n) is 4.35. The molecule has 0 aliphatic carbocycles. The van der Waals surface area contributed by atoms with Gasteiger partial charge in [-0.25, -0.2) is 0 Å². The lowest BCUT2D eigenvalue weighted by Gasteiger charge is -2.11. The fourth-order valence-corrected chi connectivity index (χ4v) is 2.01. The first-order chi connectivity index (χ1) is 9.04. The molecule has 4 nitrogen and oxygen atoms in total. The molecule has 1 aromatic heterocycles. The van der Waals surface area contributed by atoms with Gasteiger partial charge < -0.3 is 9.90 Å². The summed E-state index contributed by atoms with van der Waals surface area (Å²) in [5.74, 6) is 0. The number of aromatic nitrogens is 1. The Kier molecular flexibility index (Phi) is 3.51. The lowest BCUT2D eigenvalue weighted by molar-refractivity contribution is -0.250. The monoisotopic (exact) mass is 256 g/mol. The molecule has 2 aromatic rings. The van der Waals surface area contributed by atoms with Crippen molar-refractivity contribution in [2.24, 2.45) is 0 Å². The van der Waals surface area contributed by atoms with Gasteiger partial charge in [0.1, 0.15) is 6.09 Å². The minimum atomic E-state index is -1.51. The van der Waals surface area contributed by atoms with E-state index in [1.807, 2.05) is 24.3 Å². The fraction of sp³-hybridized carbons (Fsp3) is 0.200. The van der Waals surface area contributed by atoms with Gasteiger partial charge in [0.15, 0.2) is 0 Å². The van der Waals surface area contributed by atoms with Crippen molar-refractivity contribution in [3.63, 3.8) is 0 Å². The predicted molar refractivity (Wildman–Crippen MR) is 71.0 cm³/mol. The number of hydrogen-bond acceptors (Lipinski definition) is 3. The molecular weight excluding hydrogens is 242 g/mol. The van der Waals surface area contributed by atoms with E-state index >= 15 is 0 Å². The van der Waals surface area contributed by atoms with Gasteiger partial charge in [0.2, 0.25) is 0 Å². The molecule has 0 saturated heterocycles. The molecule has 0 aliphatic heterocycles. The van der Waals surface area contributed by atoms with Crippen LogP contribution in [0.1, 0.15) is 18.1 Å². The Hall–Kier alpha value is -2.36. The lowest BCUT2D eigenvalue weighted by Crippen LogP contribution is -2.37. The zero-order valence-corrected chi connectivity index (χ0v) is 10.8. The highest BCUT2D eigenvalue weighted by Gasteiger charge is 2.08. The van der Waals surface area contributed by atoms with Crippen LogP contribution < -0.4 is 10.7 Å². The van der Waals surface area contributed by atoms with Crippen LogP contribution in [-0.4, -0.2) is 10.7 Å². The molecule has 98 valence electrons. The van der Waals surface area contributed by atoms with E-state index in [9.17, 15) is 14.7 Å². The summed E-state index contributed by atoms with van der Waals surface area (Å²) < 4.78 is 0.583.